The molecule has 0 unspecified atom stereocenters. The largest absolute Gasteiger partial charge is 0.460 e. The van der Waals surface area contributed by atoms with Crippen LogP contribution in [0.25, 0.3) is 11.1 Å². The Hall–Kier alpha value is -2.12. The van der Waals surface area contributed by atoms with Gasteiger partial charge in [0.15, 0.2) is 5.58 Å². The molecule has 1 aliphatic heterocycles. The molecule has 1 saturated heterocycles. The van der Waals surface area contributed by atoms with Gasteiger partial charge in [0.25, 0.3) is 0 Å². The van der Waals surface area contributed by atoms with Crippen molar-refractivity contribution in [2.75, 3.05) is 26.4 Å². The smallest absolute Gasteiger partial charge is 0.417 e. The van der Waals surface area contributed by atoms with Crippen molar-refractivity contribution in [1.29, 1.82) is 0 Å². The van der Waals surface area contributed by atoms with Gasteiger partial charge in [-0.15, -0.1) is 0 Å². The van der Waals surface area contributed by atoms with E-state index in [0.717, 1.165) is 32.0 Å². The average molecular weight is 337 g/mol. The van der Waals surface area contributed by atoms with Gasteiger partial charge in [-0.25, -0.2) is 4.79 Å². The molecule has 1 N–H and O–H groups in total. The molecule has 0 radical (unpaired) electrons. The van der Waals surface area contributed by atoms with Crippen molar-refractivity contribution in [2.24, 2.45) is 0 Å². The lowest BCUT2D eigenvalue weighted by atomic mass is 10.1. The average Bonchev–Trinajstić information content (AvgIpc) is 2.87. The summed E-state index contributed by atoms with van der Waals surface area (Å²) in [6.45, 7) is 8.57. The number of hydrogen-bond acceptors (Lipinski definition) is 6. The van der Waals surface area contributed by atoms with E-state index in [1.54, 1.807) is 18.2 Å². The first kappa shape index (κ1) is 18.2. The number of esters is 1. The third-order valence-corrected chi connectivity index (χ3v) is 3.00. The maximum absolute atomic E-state index is 11.6. The van der Waals surface area contributed by atoms with Gasteiger partial charge in [0.1, 0.15) is 5.60 Å². The van der Waals surface area contributed by atoms with E-state index in [9.17, 15) is 9.59 Å². The highest BCUT2D eigenvalue weighted by Gasteiger charge is 2.16. The van der Waals surface area contributed by atoms with Crippen LogP contribution >= 0.6 is 0 Å². The molecule has 0 amide bonds. The van der Waals surface area contributed by atoms with E-state index >= 15 is 0 Å². The van der Waals surface area contributed by atoms with Crippen molar-refractivity contribution in [3.05, 3.63) is 34.3 Å². The van der Waals surface area contributed by atoms with Crippen LogP contribution in [0.2, 0.25) is 0 Å². The van der Waals surface area contributed by atoms with Gasteiger partial charge in [-0.3, -0.25) is 9.78 Å². The highest BCUT2D eigenvalue weighted by molar-refractivity contribution is 5.77. The van der Waals surface area contributed by atoms with E-state index in [-0.39, 0.29) is 12.4 Å². The fraction of sp³-hybridized carbons (Fsp3) is 0.529. The lowest BCUT2D eigenvalue weighted by Crippen LogP contribution is -2.24. The van der Waals surface area contributed by atoms with Gasteiger partial charge in [-0.2, -0.15) is 0 Å². The van der Waals surface area contributed by atoms with Crippen LogP contribution in [0.1, 0.15) is 26.3 Å². The van der Waals surface area contributed by atoms with E-state index < -0.39 is 11.4 Å². The lowest BCUT2D eigenvalue weighted by Gasteiger charge is -2.19. The summed E-state index contributed by atoms with van der Waals surface area (Å²) in [6, 6.07) is 5.13. The SMILES string of the molecule is C1COCCO1.CC(C)(C)OC(=O)Cc1ccc2[nH]c(=O)oc2c1. The zero-order chi connectivity index (χ0) is 17.6. The van der Waals surface area contributed by atoms with Crippen molar-refractivity contribution in [1.82, 2.24) is 4.98 Å². The van der Waals surface area contributed by atoms with Gasteiger partial charge in [0.2, 0.25) is 0 Å². The minimum atomic E-state index is -0.501. The van der Waals surface area contributed by atoms with Gasteiger partial charge in [0.05, 0.1) is 38.4 Å². The molecule has 24 heavy (non-hydrogen) atoms. The Morgan fingerprint density at radius 3 is 2.33 bits per heavy atom. The second-order valence-electron chi connectivity index (χ2n) is 6.33. The van der Waals surface area contributed by atoms with Gasteiger partial charge in [-0.05, 0) is 38.5 Å². The fourth-order valence-electron chi connectivity index (χ4n) is 2.08. The number of rotatable bonds is 2. The predicted octanol–water partition coefficient (Wildman–Crippen LogP) is 2.04. The maximum Gasteiger partial charge on any atom is 0.417 e. The second kappa shape index (κ2) is 8.12. The lowest BCUT2D eigenvalue weighted by molar-refractivity contribution is -0.153. The van der Waals surface area contributed by atoms with Crippen LogP contribution in [0.3, 0.4) is 0 Å². The quantitative estimate of drug-likeness (QED) is 0.843. The minimum Gasteiger partial charge on any atom is -0.460 e. The minimum absolute atomic E-state index is 0.155. The van der Waals surface area contributed by atoms with E-state index in [1.807, 2.05) is 20.8 Å². The van der Waals surface area contributed by atoms with E-state index in [2.05, 4.69) is 4.98 Å². The number of carbonyl (C=O) groups excluding carboxylic acids is 1. The number of hydrogen-bond donors (Lipinski definition) is 1. The number of carbonyl (C=O) groups is 1. The molecule has 7 heteroatoms. The third-order valence-electron chi connectivity index (χ3n) is 3.00. The number of aromatic nitrogens is 1. The van der Waals surface area contributed by atoms with Crippen molar-refractivity contribution in [3.8, 4) is 0 Å². The van der Waals surface area contributed by atoms with Crippen molar-refractivity contribution >= 4 is 17.1 Å². The molecule has 0 aliphatic carbocycles. The number of H-pyrrole nitrogens is 1. The normalized spacial score (nSPS) is 14.8. The molecule has 2 aromatic rings. The zero-order valence-corrected chi connectivity index (χ0v) is 14.2. The van der Waals surface area contributed by atoms with E-state index in [1.165, 1.54) is 0 Å². The number of ether oxygens (including phenoxy) is 3. The summed E-state index contributed by atoms with van der Waals surface area (Å²) >= 11 is 0. The Labute approximate surface area is 139 Å². The molecule has 3 rings (SSSR count). The first-order chi connectivity index (χ1) is 11.3. The summed E-state index contributed by atoms with van der Waals surface area (Å²) in [5.74, 6) is -0.806. The first-order valence-electron chi connectivity index (χ1n) is 7.82. The molecule has 0 saturated carbocycles. The molecule has 2 heterocycles. The molecule has 7 nitrogen and oxygen atoms in total. The summed E-state index contributed by atoms with van der Waals surface area (Å²) in [7, 11) is 0. The van der Waals surface area contributed by atoms with Crippen LogP contribution in [0.4, 0.5) is 0 Å². The molecule has 0 bridgehead atoms. The summed E-state index contributed by atoms with van der Waals surface area (Å²) < 4.78 is 20.0. The topological polar surface area (TPSA) is 90.8 Å². The summed E-state index contributed by atoms with van der Waals surface area (Å²) in [4.78, 5) is 25.2. The van der Waals surface area contributed by atoms with Crippen molar-refractivity contribution < 1.29 is 23.4 Å². The van der Waals surface area contributed by atoms with Gasteiger partial charge in [0, 0.05) is 0 Å². The highest BCUT2D eigenvalue weighted by Crippen LogP contribution is 2.15. The summed E-state index contributed by atoms with van der Waals surface area (Å²) in [5, 5.41) is 0. The van der Waals surface area contributed by atoms with Crippen molar-refractivity contribution in [3.63, 3.8) is 0 Å². The Kier molecular flexibility index (Phi) is 6.16. The number of aromatic amines is 1. The van der Waals surface area contributed by atoms with Gasteiger partial charge in [-0.1, -0.05) is 6.07 Å². The van der Waals surface area contributed by atoms with Crippen LogP contribution < -0.4 is 5.76 Å². The fourth-order valence-corrected chi connectivity index (χ4v) is 2.08. The first-order valence-corrected chi connectivity index (χ1v) is 7.82. The monoisotopic (exact) mass is 337 g/mol. The number of nitrogens with one attached hydrogen (secondary N) is 1. The highest BCUT2D eigenvalue weighted by atomic mass is 16.6. The Bertz CT molecular complexity index is 709. The molecule has 1 fully saturated rings. The molecule has 1 aliphatic rings. The van der Waals surface area contributed by atoms with Crippen LogP contribution in [-0.4, -0.2) is 43.0 Å². The molecule has 1 aromatic heterocycles. The number of oxazole rings is 1. The molecule has 0 atom stereocenters. The zero-order valence-electron chi connectivity index (χ0n) is 14.2. The van der Waals surface area contributed by atoms with E-state index in [4.69, 9.17) is 18.6 Å². The molecule has 132 valence electrons. The van der Waals surface area contributed by atoms with Crippen LogP contribution in [0.15, 0.2) is 27.4 Å². The third kappa shape index (κ3) is 6.17. The Balaban J connectivity index is 0.000000292. The molecular weight excluding hydrogens is 314 g/mol. The Morgan fingerprint density at radius 1 is 1.17 bits per heavy atom. The van der Waals surface area contributed by atoms with Gasteiger partial charge >= 0.3 is 11.7 Å². The number of benzene rings is 1. The second-order valence-corrected chi connectivity index (χ2v) is 6.33. The van der Waals surface area contributed by atoms with Gasteiger partial charge < -0.3 is 18.6 Å². The Morgan fingerprint density at radius 2 is 1.79 bits per heavy atom. The van der Waals surface area contributed by atoms with E-state index in [0.29, 0.717) is 11.1 Å². The van der Waals surface area contributed by atoms with Crippen LogP contribution in [0, 0.1) is 0 Å². The summed E-state index contributed by atoms with van der Waals surface area (Å²) in [6.07, 6.45) is 0.155. The molecule has 1 aromatic carbocycles. The standard InChI is InChI=1S/C13H15NO4.C4H8O2/c1-13(2,3)18-11(15)7-8-4-5-9-10(6-8)17-12(16)14-9;1-2-6-4-3-5-1/h4-6H,7H2,1-3H3,(H,14,16);1-4H2. The number of fused-ring (bicyclic) bond motifs is 1. The maximum atomic E-state index is 11.6. The molecular formula is C17H23NO6. The summed E-state index contributed by atoms with van der Waals surface area (Å²) in [5.41, 5.74) is 1.32. The van der Waals surface area contributed by atoms with Crippen LogP contribution in [-0.2, 0) is 25.4 Å². The molecule has 0 spiro atoms. The predicted molar refractivity (Wildman–Crippen MR) is 88.0 cm³/mol. The van der Waals surface area contributed by atoms with Crippen LogP contribution in [0.5, 0.6) is 0 Å². The van der Waals surface area contributed by atoms with Crippen molar-refractivity contribution in [2.45, 2.75) is 32.8 Å².